The molecule has 1 unspecified atom stereocenters. The number of carbonyl (C=O) groups is 1. The zero-order chi connectivity index (χ0) is 22.1. The van der Waals surface area contributed by atoms with Gasteiger partial charge >= 0.3 is 6.09 Å². The van der Waals surface area contributed by atoms with Crippen molar-refractivity contribution in [2.45, 2.75) is 19.1 Å². The van der Waals surface area contributed by atoms with Gasteiger partial charge in [0.2, 0.25) is 0 Å². The third-order valence-electron chi connectivity index (χ3n) is 5.67. The van der Waals surface area contributed by atoms with Crippen molar-refractivity contribution in [1.29, 1.82) is 0 Å². The van der Waals surface area contributed by atoms with Crippen LogP contribution in [0.2, 0.25) is 0 Å². The number of ether oxygens (including phenoxy) is 3. The minimum atomic E-state index is -0.560. The SMILES string of the molecule is COc1ccc(CNCCN2CCOC2=O)cc1OCC(O)CN1CCCN(C)CC1. The maximum atomic E-state index is 11.5. The van der Waals surface area contributed by atoms with Gasteiger partial charge in [-0.25, -0.2) is 4.79 Å². The van der Waals surface area contributed by atoms with Crippen molar-refractivity contribution in [3.8, 4) is 11.5 Å². The van der Waals surface area contributed by atoms with Crippen molar-refractivity contribution < 1.29 is 24.1 Å². The Morgan fingerprint density at radius 3 is 2.84 bits per heavy atom. The molecular formula is C22H36N4O5. The molecule has 2 N–H and O–H groups in total. The second-order valence-electron chi connectivity index (χ2n) is 8.19. The number of likely N-dealkylation sites (N-methyl/N-ethyl adjacent to an activating group) is 1. The van der Waals surface area contributed by atoms with E-state index in [0.29, 0.717) is 50.8 Å². The maximum Gasteiger partial charge on any atom is 0.409 e. The van der Waals surface area contributed by atoms with Crippen LogP contribution in [0, 0.1) is 0 Å². The van der Waals surface area contributed by atoms with Crippen LogP contribution in [0.1, 0.15) is 12.0 Å². The second kappa shape index (κ2) is 12.1. The van der Waals surface area contributed by atoms with Crippen molar-refractivity contribution in [2.24, 2.45) is 0 Å². The number of aliphatic hydroxyl groups is 1. The summed E-state index contributed by atoms with van der Waals surface area (Å²) in [6, 6.07) is 5.79. The molecule has 1 aromatic rings. The highest BCUT2D eigenvalue weighted by atomic mass is 16.6. The lowest BCUT2D eigenvalue weighted by Crippen LogP contribution is -2.37. The number of benzene rings is 1. The highest BCUT2D eigenvalue weighted by molar-refractivity contribution is 5.69. The number of rotatable bonds is 11. The van der Waals surface area contributed by atoms with Crippen molar-refractivity contribution in [1.82, 2.24) is 20.0 Å². The minimum Gasteiger partial charge on any atom is -0.493 e. The second-order valence-corrected chi connectivity index (χ2v) is 8.19. The Kier molecular flexibility index (Phi) is 9.20. The molecule has 0 saturated carbocycles. The molecule has 2 heterocycles. The van der Waals surface area contributed by atoms with Crippen LogP contribution < -0.4 is 14.8 Å². The molecule has 0 spiro atoms. The molecular weight excluding hydrogens is 400 g/mol. The number of cyclic esters (lactones) is 1. The van der Waals surface area contributed by atoms with Gasteiger partial charge in [0.15, 0.2) is 11.5 Å². The molecule has 1 aromatic carbocycles. The first-order valence-electron chi connectivity index (χ1n) is 11.1. The summed E-state index contributed by atoms with van der Waals surface area (Å²) in [5.41, 5.74) is 1.05. The quantitative estimate of drug-likeness (QED) is 0.488. The van der Waals surface area contributed by atoms with Gasteiger partial charge in [-0.3, -0.25) is 4.90 Å². The molecule has 0 radical (unpaired) electrons. The van der Waals surface area contributed by atoms with E-state index >= 15 is 0 Å². The van der Waals surface area contributed by atoms with Crippen LogP contribution in [0.3, 0.4) is 0 Å². The Morgan fingerprint density at radius 1 is 1.19 bits per heavy atom. The van der Waals surface area contributed by atoms with Crippen LogP contribution in [-0.2, 0) is 11.3 Å². The first-order valence-corrected chi connectivity index (χ1v) is 11.1. The Balaban J connectivity index is 1.44. The molecule has 2 fully saturated rings. The largest absolute Gasteiger partial charge is 0.493 e. The number of aliphatic hydroxyl groups excluding tert-OH is 1. The van der Waals surface area contributed by atoms with Gasteiger partial charge in [0.1, 0.15) is 19.3 Å². The third-order valence-corrected chi connectivity index (χ3v) is 5.67. The number of hydrogen-bond donors (Lipinski definition) is 2. The van der Waals surface area contributed by atoms with E-state index < -0.39 is 6.10 Å². The average Bonchev–Trinajstić information content (AvgIpc) is 3.06. The molecule has 9 nitrogen and oxygen atoms in total. The number of nitrogens with zero attached hydrogens (tertiary/aromatic N) is 3. The number of hydrogen-bond acceptors (Lipinski definition) is 8. The molecule has 1 atom stereocenters. The number of β-amino-alcohol motifs (C(OH)–C–C–N with tert-alkyl or cyclic N) is 1. The van der Waals surface area contributed by atoms with E-state index in [4.69, 9.17) is 14.2 Å². The summed E-state index contributed by atoms with van der Waals surface area (Å²) < 4.78 is 16.3. The number of nitrogens with one attached hydrogen (secondary N) is 1. The Bertz CT molecular complexity index is 704. The predicted octanol–water partition coefficient (Wildman–Crippen LogP) is 0.614. The topological polar surface area (TPSA) is 86.7 Å². The molecule has 0 bridgehead atoms. The summed E-state index contributed by atoms with van der Waals surface area (Å²) in [5, 5.41) is 13.8. The normalized spacial score (nSPS) is 19.2. The minimum absolute atomic E-state index is 0.219. The van der Waals surface area contributed by atoms with Crippen LogP contribution in [-0.4, -0.2) is 112 Å². The first kappa shape index (κ1) is 23.6. The van der Waals surface area contributed by atoms with E-state index in [1.54, 1.807) is 12.0 Å². The van der Waals surface area contributed by atoms with Gasteiger partial charge < -0.3 is 34.4 Å². The fourth-order valence-electron chi connectivity index (χ4n) is 3.84. The molecule has 9 heteroatoms. The van der Waals surface area contributed by atoms with E-state index in [9.17, 15) is 9.90 Å². The first-order chi connectivity index (χ1) is 15.0. The van der Waals surface area contributed by atoms with Crippen molar-refractivity contribution >= 4 is 6.09 Å². The summed E-state index contributed by atoms with van der Waals surface area (Å²) in [5.74, 6) is 1.27. The number of carbonyl (C=O) groups excluding carboxylic acids is 1. The van der Waals surface area contributed by atoms with Crippen molar-refractivity contribution in [2.75, 3.05) is 79.7 Å². The number of amides is 1. The molecule has 0 aromatic heterocycles. The van der Waals surface area contributed by atoms with E-state index in [0.717, 1.165) is 38.2 Å². The summed E-state index contributed by atoms with van der Waals surface area (Å²) in [7, 11) is 3.75. The van der Waals surface area contributed by atoms with Crippen LogP contribution in [0.4, 0.5) is 4.79 Å². The summed E-state index contributed by atoms with van der Waals surface area (Å²) >= 11 is 0. The van der Waals surface area contributed by atoms with Gasteiger partial charge in [-0.2, -0.15) is 0 Å². The fraction of sp³-hybridized carbons (Fsp3) is 0.682. The number of methoxy groups -OCH3 is 1. The van der Waals surface area contributed by atoms with Crippen molar-refractivity contribution in [3.05, 3.63) is 23.8 Å². The summed E-state index contributed by atoms with van der Waals surface area (Å²) in [4.78, 5) is 17.8. The molecule has 1 amide bonds. The summed E-state index contributed by atoms with van der Waals surface area (Å²) in [6.45, 7) is 7.99. The van der Waals surface area contributed by atoms with Crippen molar-refractivity contribution in [3.63, 3.8) is 0 Å². The maximum absolute atomic E-state index is 11.5. The van der Waals surface area contributed by atoms with Crippen LogP contribution in [0.15, 0.2) is 18.2 Å². The zero-order valence-corrected chi connectivity index (χ0v) is 18.7. The fourth-order valence-corrected chi connectivity index (χ4v) is 3.84. The zero-order valence-electron chi connectivity index (χ0n) is 18.7. The lowest BCUT2D eigenvalue weighted by molar-refractivity contribution is 0.0685. The average molecular weight is 437 g/mol. The van der Waals surface area contributed by atoms with Crippen LogP contribution in [0.5, 0.6) is 11.5 Å². The Hall–Kier alpha value is -2.07. The molecule has 2 aliphatic heterocycles. The Morgan fingerprint density at radius 2 is 2.06 bits per heavy atom. The monoisotopic (exact) mass is 436 g/mol. The molecule has 174 valence electrons. The summed E-state index contributed by atoms with van der Waals surface area (Å²) in [6.07, 6.45) is 0.314. The standard InChI is InChI=1S/C22H36N4O5/c1-24-7-3-8-25(11-10-24)16-19(27)17-31-21-14-18(4-5-20(21)29-2)15-23-6-9-26-12-13-30-22(26)28/h4-5,14,19,23,27H,3,6-13,15-17H2,1-2H3. The van der Waals surface area contributed by atoms with Gasteiger partial charge in [-0.15, -0.1) is 0 Å². The van der Waals surface area contributed by atoms with Gasteiger partial charge in [0.05, 0.1) is 13.7 Å². The highest BCUT2D eigenvalue weighted by Gasteiger charge is 2.21. The molecule has 3 rings (SSSR count). The van der Waals surface area contributed by atoms with E-state index in [1.807, 2.05) is 18.2 Å². The van der Waals surface area contributed by atoms with Crippen LogP contribution >= 0.6 is 0 Å². The molecule has 2 saturated heterocycles. The lowest BCUT2D eigenvalue weighted by atomic mass is 10.2. The predicted molar refractivity (Wildman–Crippen MR) is 118 cm³/mol. The molecule has 0 aliphatic carbocycles. The highest BCUT2D eigenvalue weighted by Crippen LogP contribution is 2.28. The molecule has 31 heavy (non-hydrogen) atoms. The third kappa shape index (κ3) is 7.53. The lowest BCUT2D eigenvalue weighted by Gasteiger charge is -2.23. The van der Waals surface area contributed by atoms with Gasteiger partial charge in [-0.1, -0.05) is 6.07 Å². The molecule has 2 aliphatic rings. The van der Waals surface area contributed by atoms with Crippen LogP contribution in [0.25, 0.3) is 0 Å². The van der Waals surface area contributed by atoms with Gasteiger partial charge in [0.25, 0.3) is 0 Å². The van der Waals surface area contributed by atoms with E-state index in [1.165, 1.54) is 0 Å². The van der Waals surface area contributed by atoms with E-state index in [2.05, 4.69) is 22.2 Å². The van der Waals surface area contributed by atoms with E-state index in [-0.39, 0.29) is 12.7 Å². The smallest absolute Gasteiger partial charge is 0.409 e. The van der Waals surface area contributed by atoms with Gasteiger partial charge in [0, 0.05) is 39.3 Å². The Labute approximate surface area is 184 Å². The van der Waals surface area contributed by atoms with Gasteiger partial charge in [-0.05, 0) is 44.3 Å².